The molecule has 1 aromatic rings. The first-order valence-electron chi connectivity index (χ1n) is 10.0. The lowest BCUT2D eigenvalue weighted by Crippen LogP contribution is -2.50. The van der Waals surface area contributed by atoms with Crippen LogP contribution < -0.4 is 14.8 Å². The van der Waals surface area contributed by atoms with Crippen LogP contribution in [0.3, 0.4) is 0 Å². The van der Waals surface area contributed by atoms with Crippen molar-refractivity contribution >= 4 is 23.7 Å². The monoisotopic (exact) mass is 400 g/mol. The highest BCUT2D eigenvalue weighted by atomic mass is 16.7. The van der Waals surface area contributed by atoms with E-state index < -0.39 is 23.1 Å². The second kappa shape index (κ2) is 8.68. The van der Waals surface area contributed by atoms with Crippen LogP contribution in [0.15, 0.2) is 24.3 Å². The first-order valence-corrected chi connectivity index (χ1v) is 10.0. The number of ether oxygens (including phenoxy) is 2. The van der Waals surface area contributed by atoms with Crippen molar-refractivity contribution in [1.82, 2.24) is 10.2 Å². The number of nitrogens with one attached hydrogen (secondary N) is 1. The minimum atomic E-state index is -0.714. The molecule has 2 aliphatic rings. The third kappa shape index (κ3) is 4.60. The Balaban J connectivity index is 1.54. The topological polar surface area (TPSA) is 84.9 Å². The molecule has 7 heteroatoms. The van der Waals surface area contributed by atoms with E-state index in [1.807, 2.05) is 37.3 Å². The van der Waals surface area contributed by atoms with Crippen molar-refractivity contribution in [2.24, 2.45) is 5.41 Å². The van der Waals surface area contributed by atoms with Crippen LogP contribution in [0, 0.1) is 5.41 Å². The molecule has 0 saturated carbocycles. The summed E-state index contributed by atoms with van der Waals surface area (Å²) in [6, 6.07) is 5.04. The smallest absolute Gasteiger partial charge is 0.291 e. The number of rotatable bonds is 7. The van der Waals surface area contributed by atoms with Gasteiger partial charge in [-0.05, 0) is 37.0 Å². The Hall–Kier alpha value is -2.83. The van der Waals surface area contributed by atoms with E-state index in [4.69, 9.17) is 9.47 Å². The lowest BCUT2D eigenvalue weighted by Gasteiger charge is -2.27. The minimum Gasteiger partial charge on any atom is -0.454 e. The highest BCUT2D eigenvalue weighted by Crippen LogP contribution is 2.32. The predicted octanol–water partition coefficient (Wildman–Crippen LogP) is 2.54. The molecule has 1 fully saturated rings. The van der Waals surface area contributed by atoms with Crippen molar-refractivity contribution in [1.29, 1.82) is 0 Å². The number of fused-ring (bicyclic) bond motifs is 1. The van der Waals surface area contributed by atoms with Gasteiger partial charge in [0.15, 0.2) is 11.5 Å². The summed E-state index contributed by atoms with van der Waals surface area (Å²) in [6.07, 6.45) is 5.59. The number of hydrogen-bond donors (Lipinski definition) is 1. The molecule has 0 bridgehead atoms. The van der Waals surface area contributed by atoms with Crippen LogP contribution in [0.25, 0.3) is 6.08 Å². The Bertz CT molecular complexity index is 830. The Morgan fingerprint density at radius 1 is 1.24 bits per heavy atom. The molecular weight excluding hydrogens is 372 g/mol. The largest absolute Gasteiger partial charge is 0.454 e. The molecule has 1 atom stereocenters. The summed E-state index contributed by atoms with van der Waals surface area (Å²) in [4.78, 5) is 39.1. The van der Waals surface area contributed by atoms with E-state index in [1.165, 1.54) is 4.90 Å². The fraction of sp³-hybridized carbons (Fsp3) is 0.500. The molecule has 0 unspecified atom stereocenters. The van der Waals surface area contributed by atoms with Crippen LogP contribution in [0.5, 0.6) is 11.5 Å². The molecule has 0 aromatic heterocycles. The SMILES string of the molecule is CCC(C)(C)C(=O)C(=O)N1CCC[C@H]1C(=O)NC/C=C/c1ccc2c(c1)OCO2. The summed E-state index contributed by atoms with van der Waals surface area (Å²) in [6.45, 7) is 6.41. The second-order valence-corrected chi connectivity index (χ2v) is 7.98. The van der Waals surface area contributed by atoms with Gasteiger partial charge in [-0.25, -0.2) is 0 Å². The van der Waals surface area contributed by atoms with Gasteiger partial charge in [-0.1, -0.05) is 39.0 Å². The van der Waals surface area contributed by atoms with E-state index in [-0.39, 0.29) is 12.7 Å². The van der Waals surface area contributed by atoms with Gasteiger partial charge in [-0.15, -0.1) is 0 Å². The molecule has 0 spiro atoms. The number of ketones is 1. The standard InChI is InChI=1S/C22H28N2O5/c1-4-22(2,3)19(25)21(27)24-12-6-8-16(24)20(26)23-11-5-7-15-9-10-17-18(13-15)29-14-28-17/h5,7,9-10,13,16H,4,6,8,11-12,14H2,1-3H3,(H,23,26)/b7-5+/t16-/m0/s1. The highest BCUT2D eigenvalue weighted by molar-refractivity contribution is 6.38. The second-order valence-electron chi connectivity index (χ2n) is 7.98. The first-order chi connectivity index (χ1) is 13.8. The van der Waals surface area contributed by atoms with Crippen molar-refractivity contribution in [3.05, 3.63) is 29.8 Å². The zero-order valence-corrected chi connectivity index (χ0v) is 17.2. The average Bonchev–Trinajstić information content (AvgIpc) is 3.38. The lowest BCUT2D eigenvalue weighted by atomic mass is 9.84. The minimum absolute atomic E-state index is 0.228. The van der Waals surface area contributed by atoms with Crippen LogP contribution in [0.4, 0.5) is 0 Å². The van der Waals surface area contributed by atoms with Gasteiger partial charge in [-0.3, -0.25) is 14.4 Å². The highest BCUT2D eigenvalue weighted by Gasteiger charge is 2.40. The van der Waals surface area contributed by atoms with Crippen LogP contribution in [-0.4, -0.2) is 48.4 Å². The molecule has 0 radical (unpaired) electrons. The van der Waals surface area contributed by atoms with E-state index >= 15 is 0 Å². The van der Waals surface area contributed by atoms with Gasteiger partial charge in [0.1, 0.15) is 6.04 Å². The van der Waals surface area contributed by atoms with Crippen LogP contribution >= 0.6 is 0 Å². The maximum absolute atomic E-state index is 12.6. The van der Waals surface area contributed by atoms with Gasteiger partial charge < -0.3 is 19.7 Å². The molecule has 1 aromatic carbocycles. The Kier molecular flexibility index (Phi) is 6.25. The van der Waals surface area contributed by atoms with Crippen molar-refractivity contribution in [2.45, 2.75) is 46.1 Å². The zero-order valence-electron chi connectivity index (χ0n) is 17.2. The van der Waals surface area contributed by atoms with Gasteiger partial charge in [0.05, 0.1) is 0 Å². The summed E-state index contributed by atoms with van der Waals surface area (Å²) >= 11 is 0. The van der Waals surface area contributed by atoms with Crippen molar-refractivity contribution in [2.75, 3.05) is 19.9 Å². The Morgan fingerprint density at radius 3 is 2.76 bits per heavy atom. The summed E-state index contributed by atoms with van der Waals surface area (Å²) < 4.78 is 10.6. The predicted molar refractivity (Wildman–Crippen MR) is 108 cm³/mol. The summed E-state index contributed by atoms with van der Waals surface area (Å²) in [5.74, 6) is 0.222. The van der Waals surface area contributed by atoms with Gasteiger partial charge in [0.25, 0.3) is 5.91 Å². The number of carbonyl (C=O) groups is 3. The number of likely N-dealkylation sites (tertiary alicyclic amines) is 1. The number of benzene rings is 1. The van der Waals surface area contributed by atoms with Crippen molar-refractivity contribution < 1.29 is 23.9 Å². The number of amides is 2. The fourth-order valence-electron chi connectivity index (χ4n) is 3.35. The summed E-state index contributed by atoms with van der Waals surface area (Å²) in [5.41, 5.74) is 0.224. The number of Topliss-reactive ketones (excluding diaryl/α,β-unsaturated/α-hetero) is 1. The summed E-state index contributed by atoms with van der Waals surface area (Å²) in [7, 11) is 0. The third-order valence-corrected chi connectivity index (χ3v) is 5.61. The number of hydrogen-bond acceptors (Lipinski definition) is 5. The quantitative estimate of drug-likeness (QED) is 0.711. The fourth-order valence-corrected chi connectivity index (χ4v) is 3.35. The number of nitrogens with zero attached hydrogens (tertiary/aromatic N) is 1. The normalized spacial score (nSPS) is 18.3. The molecule has 3 rings (SSSR count). The summed E-state index contributed by atoms with van der Waals surface area (Å²) in [5, 5.41) is 2.84. The average molecular weight is 400 g/mol. The van der Waals surface area contributed by atoms with Crippen LogP contribution in [0.2, 0.25) is 0 Å². The van der Waals surface area contributed by atoms with E-state index in [2.05, 4.69) is 5.32 Å². The molecule has 29 heavy (non-hydrogen) atoms. The van der Waals surface area contributed by atoms with Crippen LogP contribution in [0.1, 0.15) is 45.6 Å². The van der Waals surface area contributed by atoms with Gasteiger partial charge in [-0.2, -0.15) is 0 Å². The maximum Gasteiger partial charge on any atom is 0.291 e. The van der Waals surface area contributed by atoms with Gasteiger partial charge in [0, 0.05) is 18.5 Å². The zero-order chi connectivity index (χ0) is 21.0. The molecule has 156 valence electrons. The van der Waals surface area contributed by atoms with Crippen LogP contribution in [-0.2, 0) is 14.4 Å². The van der Waals surface area contributed by atoms with Gasteiger partial charge in [0.2, 0.25) is 18.5 Å². The van der Waals surface area contributed by atoms with Crippen molar-refractivity contribution in [3.8, 4) is 11.5 Å². The Labute approximate surface area is 171 Å². The number of carbonyl (C=O) groups excluding carboxylic acids is 3. The molecule has 0 aliphatic carbocycles. The molecule has 2 heterocycles. The molecule has 7 nitrogen and oxygen atoms in total. The third-order valence-electron chi connectivity index (χ3n) is 5.61. The molecule has 1 saturated heterocycles. The van der Waals surface area contributed by atoms with Crippen molar-refractivity contribution in [3.63, 3.8) is 0 Å². The molecular formula is C22H28N2O5. The van der Waals surface area contributed by atoms with Gasteiger partial charge >= 0.3 is 0 Å². The lowest BCUT2D eigenvalue weighted by molar-refractivity contribution is -0.151. The molecule has 2 aliphatic heterocycles. The Morgan fingerprint density at radius 2 is 2.00 bits per heavy atom. The first kappa shape index (κ1) is 20.9. The van der Waals surface area contributed by atoms with E-state index in [0.29, 0.717) is 31.7 Å². The molecule has 1 N–H and O–H groups in total. The maximum atomic E-state index is 12.6. The van der Waals surface area contributed by atoms with E-state index in [0.717, 1.165) is 17.7 Å². The molecule has 2 amide bonds. The van der Waals surface area contributed by atoms with E-state index in [9.17, 15) is 14.4 Å². The van der Waals surface area contributed by atoms with E-state index in [1.54, 1.807) is 13.8 Å².